The first-order valence-corrected chi connectivity index (χ1v) is 13.8. The molecule has 0 saturated heterocycles. The van der Waals surface area contributed by atoms with Gasteiger partial charge in [-0.25, -0.2) is 9.37 Å². The second-order valence-electron chi connectivity index (χ2n) is 10.1. The number of unbranched alkanes of at least 4 members (excludes halogenated alkanes) is 1. The molecule has 2 aromatic carbocycles. The normalized spacial score (nSPS) is 14.3. The molecule has 0 aliphatic heterocycles. The minimum atomic E-state index is -0.244. The fourth-order valence-corrected chi connectivity index (χ4v) is 5.58. The standard InChI is InChI=1S/C30H39ClFN3O2/c1-4-5-14-35-26(18-33-30(35)23-12-9-13-25(32)15-23)21-34(19-22-10-7-6-8-11-22)20-24-16-28(36-2)29(37-3)17-27(24)31/h9,12-13,15-18,22H,4-8,10-11,14,19-21H2,1-3H3. The maximum Gasteiger partial charge on any atom is 0.162 e. The van der Waals surface area contributed by atoms with E-state index in [1.807, 2.05) is 24.4 Å². The molecular formula is C30H39ClFN3O2. The Morgan fingerprint density at radius 3 is 2.51 bits per heavy atom. The lowest BCUT2D eigenvalue weighted by molar-refractivity contribution is 0.183. The monoisotopic (exact) mass is 527 g/mol. The van der Waals surface area contributed by atoms with Gasteiger partial charge < -0.3 is 14.0 Å². The summed E-state index contributed by atoms with van der Waals surface area (Å²) in [5.41, 5.74) is 2.96. The molecule has 37 heavy (non-hydrogen) atoms. The van der Waals surface area contributed by atoms with Crippen molar-refractivity contribution in [2.24, 2.45) is 5.92 Å². The van der Waals surface area contributed by atoms with E-state index in [1.54, 1.807) is 26.4 Å². The van der Waals surface area contributed by atoms with E-state index in [-0.39, 0.29) is 5.82 Å². The number of nitrogens with zero attached hydrogens (tertiary/aromatic N) is 3. The summed E-state index contributed by atoms with van der Waals surface area (Å²) >= 11 is 6.71. The number of ether oxygens (including phenoxy) is 2. The number of methoxy groups -OCH3 is 2. The Hall–Kier alpha value is -2.57. The zero-order valence-corrected chi connectivity index (χ0v) is 23.1. The fraction of sp³-hybridized carbons (Fsp3) is 0.500. The highest BCUT2D eigenvalue weighted by atomic mass is 35.5. The fourth-order valence-electron chi connectivity index (χ4n) is 5.37. The summed E-state index contributed by atoms with van der Waals surface area (Å²) in [6.45, 7) is 5.48. The first kappa shape index (κ1) is 27.5. The van der Waals surface area contributed by atoms with E-state index in [0.29, 0.717) is 29.0 Å². The van der Waals surface area contributed by atoms with E-state index in [2.05, 4.69) is 16.4 Å². The quantitative estimate of drug-likeness (QED) is 0.241. The Morgan fingerprint density at radius 1 is 1.05 bits per heavy atom. The minimum absolute atomic E-state index is 0.244. The van der Waals surface area contributed by atoms with Crippen molar-refractivity contribution in [2.45, 2.75) is 71.5 Å². The maximum absolute atomic E-state index is 14.0. The number of hydrogen-bond acceptors (Lipinski definition) is 4. The van der Waals surface area contributed by atoms with Crippen molar-refractivity contribution >= 4 is 11.6 Å². The van der Waals surface area contributed by atoms with Crippen LogP contribution in [0.2, 0.25) is 5.02 Å². The van der Waals surface area contributed by atoms with E-state index in [9.17, 15) is 4.39 Å². The summed E-state index contributed by atoms with van der Waals surface area (Å²) in [4.78, 5) is 7.25. The Morgan fingerprint density at radius 2 is 1.81 bits per heavy atom. The molecule has 1 aliphatic rings. The zero-order chi connectivity index (χ0) is 26.2. The van der Waals surface area contributed by atoms with E-state index >= 15 is 0 Å². The number of benzene rings is 2. The average molecular weight is 528 g/mol. The van der Waals surface area contributed by atoms with Crippen molar-refractivity contribution in [2.75, 3.05) is 20.8 Å². The van der Waals surface area contributed by atoms with Gasteiger partial charge in [0.1, 0.15) is 11.6 Å². The molecular weight excluding hydrogens is 489 g/mol. The van der Waals surface area contributed by atoms with Gasteiger partial charge in [0.2, 0.25) is 0 Å². The largest absolute Gasteiger partial charge is 0.493 e. The molecule has 0 radical (unpaired) electrons. The van der Waals surface area contributed by atoms with Gasteiger partial charge in [0.15, 0.2) is 11.5 Å². The number of aromatic nitrogens is 2. The van der Waals surface area contributed by atoms with Crippen LogP contribution in [0.1, 0.15) is 63.1 Å². The third kappa shape index (κ3) is 7.05. The van der Waals surface area contributed by atoms with E-state index in [1.165, 1.54) is 38.2 Å². The van der Waals surface area contributed by atoms with Crippen LogP contribution >= 0.6 is 11.6 Å². The lowest BCUT2D eigenvalue weighted by atomic mass is 9.89. The Balaban J connectivity index is 1.65. The third-order valence-corrected chi connectivity index (χ3v) is 7.68. The van der Waals surface area contributed by atoms with Gasteiger partial charge in [-0.3, -0.25) is 4.90 Å². The molecule has 1 fully saturated rings. The molecule has 200 valence electrons. The summed E-state index contributed by atoms with van der Waals surface area (Å²) in [5, 5.41) is 0.672. The number of imidazole rings is 1. The van der Waals surface area contributed by atoms with Gasteiger partial charge >= 0.3 is 0 Å². The minimum Gasteiger partial charge on any atom is -0.493 e. The summed E-state index contributed by atoms with van der Waals surface area (Å²) in [6.07, 6.45) is 10.5. The Bertz CT molecular complexity index is 1160. The molecule has 1 heterocycles. The second-order valence-corrected chi connectivity index (χ2v) is 10.5. The maximum atomic E-state index is 14.0. The molecule has 0 spiro atoms. The van der Waals surface area contributed by atoms with Crippen LogP contribution in [0.4, 0.5) is 4.39 Å². The van der Waals surface area contributed by atoms with Crippen LogP contribution in [0.5, 0.6) is 11.5 Å². The summed E-state index contributed by atoms with van der Waals surface area (Å²) in [5.74, 6) is 2.56. The van der Waals surface area contributed by atoms with Crippen molar-refractivity contribution in [3.8, 4) is 22.9 Å². The van der Waals surface area contributed by atoms with Gasteiger partial charge in [0.25, 0.3) is 0 Å². The van der Waals surface area contributed by atoms with Gasteiger partial charge in [0, 0.05) is 42.8 Å². The molecule has 0 amide bonds. The van der Waals surface area contributed by atoms with Crippen molar-refractivity contribution in [3.63, 3.8) is 0 Å². The lowest BCUT2D eigenvalue weighted by Crippen LogP contribution is -2.31. The predicted octanol–water partition coefficient (Wildman–Crippen LogP) is 7.74. The topological polar surface area (TPSA) is 39.5 Å². The molecule has 5 nitrogen and oxygen atoms in total. The van der Waals surface area contributed by atoms with Crippen LogP contribution in [0.3, 0.4) is 0 Å². The second kappa shape index (κ2) is 13.3. The van der Waals surface area contributed by atoms with Gasteiger partial charge in [-0.2, -0.15) is 0 Å². The van der Waals surface area contributed by atoms with E-state index in [0.717, 1.165) is 55.1 Å². The van der Waals surface area contributed by atoms with Gasteiger partial charge in [-0.1, -0.05) is 56.3 Å². The molecule has 1 aromatic heterocycles. The highest BCUT2D eigenvalue weighted by Crippen LogP contribution is 2.35. The van der Waals surface area contributed by atoms with Crippen molar-refractivity contribution < 1.29 is 13.9 Å². The lowest BCUT2D eigenvalue weighted by Gasteiger charge is -2.30. The van der Waals surface area contributed by atoms with Crippen molar-refractivity contribution in [3.05, 3.63) is 64.7 Å². The van der Waals surface area contributed by atoms with Gasteiger partial charge in [-0.15, -0.1) is 0 Å². The third-order valence-electron chi connectivity index (χ3n) is 7.33. The van der Waals surface area contributed by atoms with Crippen molar-refractivity contribution in [1.29, 1.82) is 0 Å². The molecule has 3 aromatic rings. The van der Waals surface area contributed by atoms with Crippen LogP contribution in [0.15, 0.2) is 42.6 Å². The SMILES string of the molecule is CCCCn1c(CN(Cc2cc(OC)c(OC)cc2Cl)CC2CCCCC2)cnc1-c1cccc(F)c1. The first-order chi connectivity index (χ1) is 18.0. The molecule has 7 heteroatoms. The Labute approximate surface area is 225 Å². The average Bonchev–Trinajstić information content (AvgIpc) is 3.30. The molecule has 4 rings (SSSR count). The van der Waals surface area contributed by atoms with Crippen LogP contribution in [-0.4, -0.2) is 35.2 Å². The summed E-state index contributed by atoms with van der Waals surface area (Å²) in [7, 11) is 3.27. The van der Waals surface area contributed by atoms with Crippen LogP contribution < -0.4 is 9.47 Å². The number of hydrogen-bond donors (Lipinski definition) is 0. The highest BCUT2D eigenvalue weighted by Gasteiger charge is 2.22. The molecule has 0 N–H and O–H groups in total. The number of rotatable bonds is 12. The smallest absolute Gasteiger partial charge is 0.162 e. The van der Waals surface area contributed by atoms with Gasteiger partial charge in [-0.05, 0) is 48.9 Å². The van der Waals surface area contributed by atoms with E-state index < -0.39 is 0 Å². The summed E-state index contributed by atoms with van der Waals surface area (Å²) in [6, 6.07) is 10.5. The molecule has 0 unspecified atom stereocenters. The van der Waals surface area contributed by atoms with E-state index in [4.69, 9.17) is 26.1 Å². The first-order valence-electron chi connectivity index (χ1n) is 13.5. The molecule has 1 saturated carbocycles. The molecule has 0 atom stereocenters. The van der Waals surface area contributed by atoms with Crippen LogP contribution in [-0.2, 0) is 19.6 Å². The molecule has 0 bridgehead atoms. The molecule has 1 aliphatic carbocycles. The zero-order valence-electron chi connectivity index (χ0n) is 22.3. The van der Waals surface area contributed by atoms with Crippen molar-refractivity contribution in [1.82, 2.24) is 14.5 Å². The van der Waals surface area contributed by atoms with Crippen LogP contribution in [0.25, 0.3) is 11.4 Å². The van der Waals surface area contributed by atoms with Crippen LogP contribution in [0, 0.1) is 11.7 Å². The summed E-state index contributed by atoms with van der Waals surface area (Å²) < 4.78 is 27.3. The van der Waals surface area contributed by atoms with Gasteiger partial charge in [0.05, 0.1) is 26.1 Å². The Kier molecular flexibility index (Phi) is 9.87. The predicted molar refractivity (Wildman–Crippen MR) is 148 cm³/mol. The highest BCUT2D eigenvalue weighted by molar-refractivity contribution is 6.31. The number of halogens is 2.